The van der Waals surface area contributed by atoms with Gasteiger partial charge in [-0.25, -0.2) is 0 Å². The Morgan fingerprint density at radius 3 is 2.88 bits per heavy atom. The standard InChI is InChI=1S/C27H32N4O3/c32-26(20-31-25-11-2-1-8-22(25)18-28-31)29-14-6-16-34-24-10-5-7-21(17-24)12-13-23-9-3-4-15-30(23)27(33)19-29/h1-2,5,7-8,10-11,17-18,23H,3-4,6,9,12-16,19-20H2. The Bertz CT molecular complexity index is 1160. The highest BCUT2D eigenvalue weighted by Crippen LogP contribution is 2.24. The number of carbonyl (C=O) groups is 2. The van der Waals surface area contributed by atoms with Crippen LogP contribution in [0.15, 0.2) is 54.7 Å². The number of amides is 2. The summed E-state index contributed by atoms with van der Waals surface area (Å²) in [6.45, 7) is 1.98. The Balaban J connectivity index is 1.35. The topological polar surface area (TPSA) is 67.7 Å². The van der Waals surface area contributed by atoms with Crippen molar-refractivity contribution in [1.82, 2.24) is 19.6 Å². The van der Waals surface area contributed by atoms with Gasteiger partial charge >= 0.3 is 0 Å². The molecule has 1 aromatic heterocycles. The molecule has 0 radical (unpaired) electrons. The van der Waals surface area contributed by atoms with Gasteiger partial charge in [0.05, 0.1) is 24.9 Å². The predicted molar refractivity (Wildman–Crippen MR) is 131 cm³/mol. The van der Waals surface area contributed by atoms with Crippen LogP contribution < -0.4 is 4.74 Å². The van der Waals surface area contributed by atoms with Gasteiger partial charge in [0.2, 0.25) is 11.8 Å². The summed E-state index contributed by atoms with van der Waals surface area (Å²) in [5.74, 6) is 0.826. The summed E-state index contributed by atoms with van der Waals surface area (Å²) in [5, 5.41) is 5.40. The normalized spacial score (nSPS) is 19.9. The van der Waals surface area contributed by atoms with Gasteiger partial charge in [-0.15, -0.1) is 0 Å². The monoisotopic (exact) mass is 460 g/mol. The third-order valence-electron chi connectivity index (χ3n) is 6.97. The quantitative estimate of drug-likeness (QED) is 0.585. The number of ether oxygens (including phenoxy) is 1. The molecule has 2 amide bonds. The first-order chi connectivity index (χ1) is 16.7. The van der Waals surface area contributed by atoms with Gasteiger partial charge in [0.25, 0.3) is 0 Å². The Labute approximate surface area is 200 Å². The number of benzene rings is 2. The first-order valence-electron chi connectivity index (χ1n) is 12.4. The number of rotatable bonds is 2. The summed E-state index contributed by atoms with van der Waals surface area (Å²) in [4.78, 5) is 30.5. The third-order valence-corrected chi connectivity index (χ3v) is 6.97. The molecule has 0 saturated carbocycles. The maximum absolute atomic E-state index is 13.4. The molecular weight excluding hydrogens is 428 g/mol. The van der Waals surface area contributed by atoms with Crippen LogP contribution in [-0.2, 0) is 22.6 Å². The first kappa shape index (κ1) is 22.4. The molecular formula is C27H32N4O3. The second-order valence-corrected chi connectivity index (χ2v) is 9.30. The lowest BCUT2D eigenvalue weighted by atomic mass is 9.95. The molecule has 0 N–H and O–H groups in total. The first-order valence-corrected chi connectivity index (χ1v) is 12.4. The molecule has 7 nitrogen and oxygen atoms in total. The van der Waals surface area contributed by atoms with Crippen molar-refractivity contribution in [1.29, 1.82) is 0 Å². The summed E-state index contributed by atoms with van der Waals surface area (Å²) in [7, 11) is 0. The number of carbonyl (C=O) groups excluding carboxylic acids is 2. The van der Waals surface area contributed by atoms with Crippen molar-refractivity contribution in [2.24, 2.45) is 0 Å². The maximum Gasteiger partial charge on any atom is 0.244 e. The molecule has 7 heteroatoms. The second kappa shape index (κ2) is 10.3. The van der Waals surface area contributed by atoms with Gasteiger partial charge in [0.15, 0.2) is 0 Å². The zero-order valence-electron chi connectivity index (χ0n) is 19.6. The zero-order chi connectivity index (χ0) is 23.3. The highest BCUT2D eigenvalue weighted by molar-refractivity contribution is 5.86. The van der Waals surface area contributed by atoms with Gasteiger partial charge in [0, 0.05) is 24.5 Å². The molecule has 2 aliphatic heterocycles. The largest absolute Gasteiger partial charge is 0.494 e. The molecule has 1 fully saturated rings. The second-order valence-electron chi connectivity index (χ2n) is 9.30. The van der Waals surface area contributed by atoms with Crippen LogP contribution in [0.25, 0.3) is 10.9 Å². The number of piperidine rings is 1. The van der Waals surface area contributed by atoms with Crippen LogP contribution in [0.1, 0.15) is 37.7 Å². The maximum atomic E-state index is 13.4. The van der Waals surface area contributed by atoms with Crippen LogP contribution >= 0.6 is 0 Å². The molecule has 34 heavy (non-hydrogen) atoms. The van der Waals surface area contributed by atoms with E-state index < -0.39 is 0 Å². The number of fused-ring (bicyclic) bond motifs is 4. The van der Waals surface area contributed by atoms with Gasteiger partial charge in [-0.1, -0.05) is 30.3 Å². The summed E-state index contributed by atoms with van der Waals surface area (Å²) < 4.78 is 7.69. The number of nitrogens with zero attached hydrogens (tertiary/aromatic N) is 4. The van der Waals surface area contributed by atoms with E-state index in [2.05, 4.69) is 17.2 Å². The average Bonchev–Trinajstić information content (AvgIpc) is 3.27. The van der Waals surface area contributed by atoms with Crippen molar-refractivity contribution >= 4 is 22.7 Å². The van der Waals surface area contributed by atoms with E-state index in [1.54, 1.807) is 15.8 Å². The number of aromatic nitrogens is 2. The fraction of sp³-hybridized carbons (Fsp3) is 0.444. The van der Waals surface area contributed by atoms with Gasteiger partial charge < -0.3 is 14.5 Å². The van der Waals surface area contributed by atoms with E-state index in [0.29, 0.717) is 19.6 Å². The minimum Gasteiger partial charge on any atom is -0.494 e. The molecule has 0 spiro atoms. The molecule has 178 valence electrons. The SMILES string of the molecule is O=C(Cn1ncc2ccccc21)N1CCCOc2cccc(c2)CCC2CCCCN2C(=O)C1. The van der Waals surface area contributed by atoms with E-state index in [0.717, 1.165) is 55.3 Å². The molecule has 1 atom stereocenters. The Morgan fingerprint density at radius 2 is 1.94 bits per heavy atom. The van der Waals surface area contributed by atoms with Gasteiger partial charge in [-0.2, -0.15) is 5.10 Å². The fourth-order valence-corrected chi connectivity index (χ4v) is 5.12. The molecule has 0 aliphatic carbocycles. The van der Waals surface area contributed by atoms with Crippen LogP contribution in [-0.4, -0.2) is 63.7 Å². The smallest absolute Gasteiger partial charge is 0.244 e. The van der Waals surface area contributed by atoms with Crippen molar-refractivity contribution in [3.05, 3.63) is 60.3 Å². The van der Waals surface area contributed by atoms with Crippen molar-refractivity contribution in [2.75, 3.05) is 26.2 Å². The predicted octanol–water partition coefficient (Wildman–Crippen LogP) is 3.66. The molecule has 2 aromatic carbocycles. The number of para-hydroxylation sites is 1. The molecule has 5 rings (SSSR count). The summed E-state index contributed by atoms with van der Waals surface area (Å²) in [5.41, 5.74) is 2.17. The van der Waals surface area contributed by atoms with E-state index in [4.69, 9.17) is 4.74 Å². The number of aryl methyl sites for hydroxylation is 1. The van der Waals surface area contributed by atoms with Crippen LogP contribution in [0.3, 0.4) is 0 Å². The van der Waals surface area contributed by atoms with Crippen LogP contribution in [0.4, 0.5) is 0 Å². The fourth-order valence-electron chi connectivity index (χ4n) is 5.12. The zero-order valence-corrected chi connectivity index (χ0v) is 19.6. The van der Waals surface area contributed by atoms with Gasteiger partial charge in [0.1, 0.15) is 12.3 Å². The van der Waals surface area contributed by atoms with Crippen LogP contribution in [0, 0.1) is 0 Å². The summed E-state index contributed by atoms with van der Waals surface area (Å²) >= 11 is 0. The minimum atomic E-state index is -0.0927. The molecule has 1 unspecified atom stereocenters. The number of hydrogen-bond acceptors (Lipinski definition) is 4. The third kappa shape index (κ3) is 5.08. The average molecular weight is 461 g/mol. The molecule has 2 bridgehead atoms. The van der Waals surface area contributed by atoms with Gasteiger partial charge in [-0.3, -0.25) is 14.3 Å². The van der Waals surface area contributed by atoms with Crippen LogP contribution in [0.5, 0.6) is 5.75 Å². The molecule has 3 heterocycles. The lowest BCUT2D eigenvalue weighted by molar-refractivity contribution is -0.143. The van der Waals surface area contributed by atoms with E-state index in [9.17, 15) is 9.59 Å². The molecule has 3 aromatic rings. The minimum absolute atomic E-state index is 0.0510. The van der Waals surface area contributed by atoms with E-state index in [1.165, 1.54) is 5.56 Å². The summed E-state index contributed by atoms with van der Waals surface area (Å²) in [6.07, 6.45) is 7.48. The van der Waals surface area contributed by atoms with Crippen molar-refractivity contribution in [3.8, 4) is 5.75 Å². The van der Waals surface area contributed by atoms with E-state index >= 15 is 0 Å². The van der Waals surface area contributed by atoms with E-state index in [-0.39, 0.29) is 30.9 Å². The Morgan fingerprint density at radius 1 is 1.03 bits per heavy atom. The van der Waals surface area contributed by atoms with Crippen molar-refractivity contribution in [3.63, 3.8) is 0 Å². The summed E-state index contributed by atoms with van der Waals surface area (Å²) in [6, 6.07) is 16.3. The molecule has 1 saturated heterocycles. The highest BCUT2D eigenvalue weighted by atomic mass is 16.5. The van der Waals surface area contributed by atoms with Gasteiger partial charge in [-0.05, 0) is 62.3 Å². The molecule has 2 aliphatic rings. The Kier molecular flexibility index (Phi) is 6.79. The lowest BCUT2D eigenvalue weighted by Crippen LogP contribution is -2.50. The Hall–Kier alpha value is -3.35. The van der Waals surface area contributed by atoms with Crippen molar-refractivity contribution < 1.29 is 14.3 Å². The van der Waals surface area contributed by atoms with E-state index in [1.807, 2.05) is 41.3 Å². The highest BCUT2D eigenvalue weighted by Gasteiger charge is 2.29. The van der Waals surface area contributed by atoms with Crippen molar-refractivity contribution in [2.45, 2.75) is 51.1 Å². The lowest BCUT2D eigenvalue weighted by Gasteiger charge is -2.37. The van der Waals surface area contributed by atoms with Crippen LogP contribution in [0.2, 0.25) is 0 Å². The number of hydrogen-bond donors (Lipinski definition) is 0.